The van der Waals surface area contributed by atoms with Gasteiger partial charge in [0.15, 0.2) is 6.29 Å². The minimum atomic E-state index is -1.40. The van der Waals surface area contributed by atoms with Gasteiger partial charge in [-0.05, 0) is 0 Å². The molecule has 1 aliphatic heterocycles. The van der Waals surface area contributed by atoms with Gasteiger partial charge in [0.1, 0.15) is 24.4 Å². The maximum absolute atomic E-state index is 9.47. The summed E-state index contributed by atoms with van der Waals surface area (Å²) in [6.07, 6.45) is -4.64. The highest BCUT2D eigenvalue weighted by Gasteiger charge is 2.43. The van der Waals surface area contributed by atoms with Crippen molar-refractivity contribution in [1.82, 2.24) is 0 Å². The zero-order chi connectivity index (χ0) is 11.4. The molecule has 88 valence electrons. The normalized spacial score (nSPS) is 41.5. The molecule has 1 heterocycles. The van der Waals surface area contributed by atoms with E-state index in [0.29, 0.717) is 0 Å². The van der Waals surface area contributed by atoms with Crippen LogP contribution in [0.2, 0.25) is 0 Å². The van der Waals surface area contributed by atoms with E-state index in [2.05, 4.69) is 6.58 Å². The third-order valence-corrected chi connectivity index (χ3v) is 2.23. The van der Waals surface area contributed by atoms with Crippen molar-refractivity contribution >= 4 is 0 Å². The molecule has 0 bridgehead atoms. The zero-order valence-corrected chi connectivity index (χ0v) is 8.19. The molecule has 0 saturated carbocycles. The molecule has 6 nitrogen and oxygen atoms in total. The van der Waals surface area contributed by atoms with Crippen LogP contribution in [0, 0.1) is 0 Å². The molecule has 0 amide bonds. The van der Waals surface area contributed by atoms with Gasteiger partial charge < -0.3 is 29.9 Å². The van der Waals surface area contributed by atoms with Crippen molar-refractivity contribution in [3.05, 3.63) is 12.7 Å². The molecule has 0 unspecified atom stereocenters. The summed E-state index contributed by atoms with van der Waals surface area (Å²) in [6.45, 7) is 3.10. The van der Waals surface area contributed by atoms with Crippen molar-refractivity contribution in [2.24, 2.45) is 0 Å². The van der Waals surface area contributed by atoms with E-state index in [1.54, 1.807) is 0 Å². The van der Waals surface area contributed by atoms with Crippen molar-refractivity contribution in [2.45, 2.75) is 30.7 Å². The molecule has 0 aromatic carbocycles. The number of hydrogen-bond donors (Lipinski definition) is 4. The van der Waals surface area contributed by atoms with E-state index in [9.17, 15) is 15.3 Å². The van der Waals surface area contributed by atoms with Gasteiger partial charge in [0.25, 0.3) is 0 Å². The van der Waals surface area contributed by atoms with Crippen LogP contribution in [-0.4, -0.2) is 64.3 Å². The average molecular weight is 220 g/mol. The summed E-state index contributed by atoms with van der Waals surface area (Å²) >= 11 is 0. The summed E-state index contributed by atoms with van der Waals surface area (Å²) in [4.78, 5) is 0. The van der Waals surface area contributed by atoms with E-state index >= 15 is 0 Å². The minimum Gasteiger partial charge on any atom is -0.394 e. The number of aliphatic hydroxyl groups is 4. The lowest BCUT2D eigenvalue weighted by Crippen LogP contribution is -2.59. The second kappa shape index (κ2) is 5.55. The molecule has 6 heteroatoms. The Morgan fingerprint density at radius 3 is 2.40 bits per heavy atom. The van der Waals surface area contributed by atoms with Crippen molar-refractivity contribution < 1.29 is 29.9 Å². The Labute approximate surface area is 87.4 Å². The maximum atomic E-state index is 9.47. The van der Waals surface area contributed by atoms with Crippen LogP contribution >= 0.6 is 0 Å². The molecule has 5 atom stereocenters. The Balaban J connectivity index is 2.60. The van der Waals surface area contributed by atoms with Gasteiger partial charge in [0.05, 0.1) is 13.2 Å². The number of hydrogen-bond acceptors (Lipinski definition) is 6. The third-order valence-electron chi connectivity index (χ3n) is 2.23. The highest BCUT2D eigenvalue weighted by molar-refractivity contribution is 4.89. The van der Waals surface area contributed by atoms with Gasteiger partial charge in [-0.15, -0.1) is 6.58 Å². The highest BCUT2D eigenvalue weighted by Crippen LogP contribution is 2.21. The van der Waals surface area contributed by atoms with Gasteiger partial charge in [0, 0.05) is 0 Å². The van der Waals surface area contributed by atoms with Crippen LogP contribution < -0.4 is 0 Å². The second-order valence-corrected chi connectivity index (χ2v) is 3.32. The van der Waals surface area contributed by atoms with Gasteiger partial charge in [-0.2, -0.15) is 0 Å². The largest absolute Gasteiger partial charge is 0.394 e. The summed E-state index contributed by atoms with van der Waals surface area (Å²) in [6, 6.07) is 0. The van der Waals surface area contributed by atoms with Gasteiger partial charge in [0.2, 0.25) is 0 Å². The molecule has 4 N–H and O–H groups in total. The van der Waals surface area contributed by atoms with E-state index in [1.807, 2.05) is 0 Å². The van der Waals surface area contributed by atoms with Crippen LogP contribution in [0.3, 0.4) is 0 Å². The van der Waals surface area contributed by atoms with Crippen LogP contribution in [0.15, 0.2) is 12.7 Å². The fraction of sp³-hybridized carbons (Fsp3) is 0.778. The quantitative estimate of drug-likeness (QED) is 0.408. The second-order valence-electron chi connectivity index (χ2n) is 3.32. The van der Waals surface area contributed by atoms with Crippen molar-refractivity contribution in [1.29, 1.82) is 0 Å². The SMILES string of the molecule is C=CCO[C@H]1O[C@H](CO)[C@H](O)[C@@H](O)[C@H]1O. The Morgan fingerprint density at radius 2 is 1.87 bits per heavy atom. The first kappa shape index (κ1) is 12.6. The fourth-order valence-electron chi connectivity index (χ4n) is 1.37. The third kappa shape index (κ3) is 2.75. The lowest BCUT2D eigenvalue weighted by Gasteiger charge is -2.39. The predicted molar refractivity (Wildman–Crippen MR) is 49.9 cm³/mol. The molecule has 1 aliphatic rings. The summed E-state index contributed by atoms with van der Waals surface area (Å²) < 4.78 is 10.1. The Hall–Kier alpha value is -0.500. The lowest BCUT2D eigenvalue weighted by atomic mass is 9.99. The van der Waals surface area contributed by atoms with E-state index in [-0.39, 0.29) is 6.61 Å². The van der Waals surface area contributed by atoms with Crippen LogP contribution in [0.5, 0.6) is 0 Å². The number of aliphatic hydroxyl groups excluding tert-OH is 4. The van der Waals surface area contributed by atoms with Crippen LogP contribution in [0.4, 0.5) is 0 Å². The summed E-state index contributed by atoms with van der Waals surface area (Å²) in [5.41, 5.74) is 0. The molecule has 1 fully saturated rings. The van der Waals surface area contributed by atoms with Crippen LogP contribution in [-0.2, 0) is 9.47 Å². The number of rotatable bonds is 4. The van der Waals surface area contributed by atoms with Crippen molar-refractivity contribution in [3.63, 3.8) is 0 Å². The first-order valence-corrected chi connectivity index (χ1v) is 4.64. The molecular formula is C9H16O6. The van der Waals surface area contributed by atoms with Gasteiger partial charge in [-0.1, -0.05) is 6.08 Å². The fourth-order valence-corrected chi connectivity index (χ4v) is 1.37. The van der Waals surface area contributed by atoms with Gasteiger partial charge >= 0.3 is 0 Å². The summed E-state index contributed by atoms with van der Waals surface area (Å²) in [5, 5.41) is 37.1. The minimum absolute atomic E-state index is 0.142. The van der Waals surface area contributed by atoms with Crippen LogP contribution in [0.1, 0.15) is 0 Å². The van der Waals surface area contributed by atoms with Gasteiger partial charge in [-0.25, -0.2) is 0 Å². The molecule has 0 aliphatic carbocycles. The number of ether oxygens (including phenoxy) is 2. The predicted octanol–water partition coefficient (Wildman–Crippen LogP) is -2.01. The topological polar surface area (TPSA) is 99.4 Å². The van der Waals surface area contributed by atoms with Gasteiger partial charge in [-0.3, -0.25) is 0 Å². The molecule has 0 radical (unpaired) electrons. The molecule has 1 rings (SSSR count). The first-order chi connectivity index (χ1) is 7.11. The smallest absolute Gasteiger partial charge is 0.187 e. The molecule has 0 aromatic heterocycles. The molecular weight excluding hydrogens is 204 g/mol. The Bertz CT molecular complexity index is 207. The Morgan fingerprint density at radius 1 is 1.20 bits per heavy atom. The first-order valence-electron chi connectivity index (χ1n) is 4.64. The average Bonchev–Trinajstić information content (AvgIpc) is 2.25. The van der Waals surface area contributed by atoms with E-state index in [0.717, 1.165) is 0 Å². The standard InChI is InChI=1S/C9H16O6/c1-2-3-14-9-8(13)7(12)6(11)5(4-10)15-9/h2,5-13H,1,3-4H2/t5-,6+,7-,8-,9+/m1/s1. The van der Waals surface area contributed by atoms with Crippen molar-refractivity contribution in [3.8, 4) is 0 Å². The zero-order valence-electron chi connectivity index (χ0n) is 8.19. The molecule has 0 spiro atoms. The molecule has 0 aromatic rings. The Kier molecular flexibility index (Phi) is 4.65. The maximum Gasteiger partial charge on any atom is 0.187 e. The highest BCUT2D eigenvalue weighted by atomic mass is 16.7. The van der Waals surface area contributed by atoms with E-state index < -0.39 is 37.3 Å². The van der Waals surface area contributed by atoms with E-state index in [4.69, 9.17) is 14.6 Å². The summed E-state index contributed by atoms with van der Waals surface area (Å²) in [5.74, 6) is 0. The molecule has 15 heavy (non-hydrogen) atoms. The van der Waals surface area contributed by atoms with Crippen LogP contribution in [0.25, 0.3) is 0 Å². The lowest BCUT2D eigenvalue weighted by molar-refractivity contribution is -0.298. The molecule has 1 saturated heterocycles. The van der Waals surface area contributed by atoms with E-state index in [1.165, 1.54) is 6.08 Å². The monoisotopic (exact) mass is 220 g/mol. The summed E-state index contributed by atoms with van der Waals surface area (Å²) in [7, 11) is 0. The van der Waals surface area contributed by atoms with Crippen molar-refractivity contribution in [2.75, 3.05) is 13.2 Å².